The fourth-order valence-corrected chi connectivity index (χ4v) is 8.26. The van der Waals surface area contributed by atoms with Crippen LogP contribution in [0.5, 0.6) is 0 Å². The van der Waals surface area contributed by atoms with Gasteiger partial charge in [-0.3, -0.25) is 0 Å². The van der Waals surface area contributed by atoms with Gasteiger partial charge < -0.3 is 25.2 Å². The zero-order valence-electron chi connectivity index (χ0n) is 19.2. The van der Waals surface area contributed by atoms with Gasteiger partial charge in [-0.15, -0.1) is 0 Å². The lowest BCUT2D eigenvalue weighted by Crippen LogP contribution is -2.59. The van der Waals surface area contributed by atoms with Crippen LogP contribution < -0.4 is 0 Å². The van der Waals surface area contributed by atoms with Gasteiger partial charge in [-0.05, 0) is 94.3 Å². The molecule has 174 valence electrons. The van der Waals surface area contributed by atoms with Gasteiger partial charge in [-0.25, -0.2) is 4.79 Å². The minimum Gasteiger partial charge on any atom is -0.457 e. The van der Waals surface area contributed by atoms with Crippen molar-refractivity contribution in [2.24, 2.45) is 35.0 Å². The molecular formula is C24H38N2O5. The monoisotopic (exact) mass is 434 g/mol. The van der Waals surface area contributed by atoms with Crippen molar-refractivity contribution in [3.8, 4) is 0 Å². The molecule has 1 unspecified atom stereocenters. The Morgan fingerprint density at radius 3 is 2.48 bits per heavy atom. The number of ether oxygens (including phenoxy) is 2. The smallest absolute Gasteiger partial charge is 0.420 e. The van der Waals surface area contributed by atoms with Gasteiger partial charge in [0.25, 0.3) is 0 Å². The molecule has 31 heavy (non-hydrogen) atoms. The summed E-state index contributed by atoms with van der Waals surface area (Å²) in [6, 6.07) is 0. The van der Waals surface area contributed by atoms with Crippen molar-refractivity contribution in [1.82, 2.24) is 0 Å². The Balaban J connectivity index is 1.55. The molecule has 0 bridgehead atoms. The molecular weight excluding hydrogens is 396 g/mol. The zero-order chi connectivity index (χ0) is 22.4. The van der Waals surface area contributed by atoms with Gasteiger partial charge in [-0.2, -0.15) is 4.79 Å². The van der Waals surface area contributed by atoms with Crippen molar-refractivity contribution in [3.63, 3.8) is 0 Å². The molecule has 0 amide bonds. The van der Waals surface area contributed by atoms with Crippen LogP contribution in [0.15, 0.2) is 0 Å². The predicted molar refractivity (Wildman–Crippen MR) is 114 cm³/mol. The first-order valence-electron chi connectivity index (χ1n) is 12.1. The maximum Gasteiger partial charge on any atom is 0.420 e. The zero-order valence-corrected chi connectivity index (χ0v) is 19.2. The van der Waals surface area contributed by atoms with E-state index in [2.05, 4.69) is 11.7 Å². The summed E-state index contributed by atoms with van der Waals surface area (Å²) in [5.41, 5.74) is 6.76. The van der Waals surface area contributed by atoms with Crippen LogP contribution in [-0.4, -0.2) is 58.2 Å². The highest BCUT2D eigenvalue weighted by molar-refractivity contribution is 6.37. The quantitative estimate of drug-likeness (QED) is 0.299. The van der Waals surface area contributed by atoms with Gasteiger partial charge in [0, 0.05) is 12.5 Å². The lowest BCUT2D eigenvalue weighted by Gasteiger charge is -2.57. The third-order valence-electron chi connectivity index (χ3n) is 9.63. The summed E-state index contributed by atoms with van der Waals surface area (Å²) in [5, 5.41) is 22.6. The van der Waals surface area contributed by atoms with Crippen LogP contribution in [0.1, 0.15) is 71.6 Å². The van der Waals surface area contributed by atoms with Crippen LogP contribution in [0, 0.1) is 35.0 Å². The standard InChI is InChI=1S/C24H38N2O5/c1-4-31-21(27)20(26-25)24(29)12-9-19-18-6-5-15-13-23(28,14-30-3)11-8-16(15)17(18)7-10-22(19,24)2/h15-19,28-29H,4-14H2,1-3H3/t15-,16+,17-,18-,19+,22+,23-,24?/m1/s1. The molecule has 0 radical (unpaired) electrons. The number of carbonyl (C=O) groups excluding carboxylic acids is 1. The maximum atomic E-state index is 12.5. The summed E-state index contributed by atoms with van der Waals surface area (Å²) in [4.78, 5) is 15.7. The second-order valence-electron chi connectivity index (χ2n) is 10.9. The lowest BCUT2D eigenvalue weighted by atomic mass is 9.48. The Labute approximate surface area is 185 Å². The summed E-state index contributed by atoms with van der Waals surface area (Å²) in [7, 11) is 1.66. The molecule has 4 fully saturated rings. The van der Waals surface area contributed by atoms with Crippen LogP contribution in [0.3, 0.4) is 0 Å². The Morgan fingerprint density at radius 1 is 1.06 bits per heavy atom. The number of methoxy groups -OCH3 is 1. The van der Waals surface area contributed by atoms with Crippen LogP contribution in [-0.2, 0) is 14.3 Å². The number of hydrogen-bond acceptors (Lipinski definition) is 5. The molecule has 4 rings (SSSR count). The molecule has 4 aliphatic rings. The number of hydrogen-bond donors (Lipinski definition) is 2. The summed E-state index contributed by atoms with van der Waals surface area (Å²) >= 11 is 0. The Kier molecular flexibility index (Phi) is 6.10. The average Bonchev–Trinajstić information content (AvgIpc) is 3.00. The van der Waals surface area contributed by atoms with Crippen LogP contribution in [0.2, 0.25) is 0 Å². The molecule has 0 aliphatic heterocycles. The molecule has 2 N–H and O–H groups in total. The first-order valence-corrected chi connectivity index (χ1v) is 12.1. The van der Waals surface area contributed by atoms with Gasteiger partial charge in [0.2, 0.25) is 0 Å². The molecule has 0 spiro atoms. The van der Waals surface area contributed by atoms with Gasteiger partial charge in [0.1, 0.15) is 0 Å². The molecule has 0 heterocycles. The van der Waals surface area contributed by atoms with E-state index < -0.39 is 22.6 Å². The SMILES string of the molecule is CCOC(=O)C(=[N+]=[N-])C1(O)CC[C@H]2[C@@H]3CC[C@@H]4C[C@@](O)(COC)CC[C@@H]4[C@H]3CC[C@@]21C. The van der Waals surface area contributed by atoms with E-state index in [9.17, 15) is 20.5 Å². The number of rotatable bonds is 5. The van der Waals surface area contributed by atoms with Gasteiger partial charge in [0.05, 0.1) is 18.8 Å². The maximum absolute atomic E-state index is 12.5. The van der Waals surface area contributed by atoms with E-state index >= 15 is 0 Å². The normalized spacial score (nSPS) is 46.3. The summed E-state index contributed by atoms with van der Waals surface area (Å²) < 4.78 is 10.4. The molecule has 0 aromatic heterocycles. The molecule has 0 aromatic rings. The van der Waals surface area contributed by atoms with Crippen LogP contribution in [0.25, 0.3) is 5.53 Å². The summed E-state index contributed by atoms with van der Waals surface area (Å²) in [6.45, 7) is 4.37. The van der Waals surface area contributed by atoms with Crippen molar-refractivity contribution >= 4 is 11.7 Å². The highest BCUT2D eigenvalue weighted by Crippen LogP contribution is 2.65. The van der Waals surface area contributed by atoms with Crippen molar-refractivity contribution in [1.29, 1.82) is 0 Å². The topological polar surface area (TPSA) is 112 Å². The van der Waals surface area contributed by atoms with Crippen molar-refractivity contribution < 1.29 is 29.3 Å². The van der Waals surface area contributed by atoms with E-state index in [0.717, 1.165) is 51.4 Å². The number of fused-ring (bicyclic) bond motifs is 5. The number of nitrogens with zero attached hydrogens (tertiary/aromatic N) is 2. The van der Waals surface area contributed by atoms with Crippen molar-refractivity contribution in [2.45, 2.75) is 82.8 Å². The fourth-order valence-electron chi connectivity index (χ4n) is 8.26. The molecule has 0 saturated heterocycles. The fraction of sp³-hybridized carbons (Fsp3) is 0.917. The average molecular weight is 435 g/mol. The van der Waals surface area contributed by atoms with Crippen LogP contribution in [0.4, 0.5) is 0 Å². The highest BCUT2D eigenvalue weighted by Gasteiger charge is 2.69. The molecule has 4 saturated carbocycles. The Bertz CT molecular complexity index is 767. The third-order valence-corrected chi connectivity index (χ3v) is 9.63. The lowest BCUT2D eigenvalue weighted by molar-refractivity contribution is -0.155. The molecule has 7 heteroatoms. The molecule has 8 atom stereocenters. The van der Waals surface area contributed by atoms with Crippen LogP contribution >= 0.6 is 0 Å². The predicted octanol–water partition coefficient (Wildman–Crippen LogP) is 2.98. The van der Waals surface area contributed by atoms with E-state index in [1.54, 1.807) is 14.0 Å². The van der Waals surface area contributed by atoms with E-state index in [1.165, 1.54) is 0 Å². The first-order chi connectivity index (χ1) is 14.7. The largest absolute Gasteiger partial charge is 0.457 e. The van der Waals surface area contributed by atoms with E-state index in [4.69, 9.17) is 9.47 Å². The second kappa shape index (κ2) is 8.26. The molecule has 0 aromatic carbocycles. The first kappa shape index (κ1) is 22.9. The summed E-state index contributed by atoms with van der Waals surface area (Å²) in [6.07, 6.45) is 7.91. The Hall–Kier alpha value is -1.27. The van der Waals surface area contributed by atoms with Gasteiger partial charge in [0.15, 0.2) is 5.60 Å². The number of carbonyl (C=O) groups is 1. The van der Waals surface area contributed by atoms with E-state index in [0.29, 0.717) is 42.6 Å². The Morgan fingerprint density at radius 2 is 1.81 bits per heavy atom. The molecule has 7 nitrogen and oxygen atoms in total. The van der Waals surface area contributed by atoms with E-state index in [-0.39, 0.29) is 12.3 Å². The second-order valence-corrected chi connectivity index (χ2v) is 10.9. The third kappa shape index (κ3) is 3.49. The van der Waals surface area contributed by atoms with Gasteiger partial charge in [-0.1, -0.05) is 6.92 Å². The van der Waals surface area contributed by atoms with E-state index in [1.807, 2.05) is 0 Å². The summed E-state index contributed by atoms with van der Waals surface area (Å²) in [5.74, 6) is 1.83. The van der Waals surface area contributed by atoms with Crippen molar-refractivity contribution in [2.75, 3.05) is 20.3 Å². The molecule has 4 aliphatic carbocycles. The van der Waals surface area contributed by atoms with Crippen molar-refractivity contribution in [3.05, 3.63) is 5.53 Å². The number of aliphatic hydroxyl groups is 2. The highest BCUT2D eigenvalue weighted by atomic mass is 16.5. The minimum absolute atomic E-state index is 0.178. The van der Waals surface area contributed by atoms with Gasteiger partial charge >= 0.3 is 11.7 Å². The minimum atomic E-state index is -1.45. The number of esters is 1.